The van der Waals surface area contributed by atoms with Crippen molar-refractivity contribution in [3.8, 4) is 17.2 Å². The van der Waals surface area contributed by atoms with Gasteiger partial charge in [0.25, 0.3) is 0 Å². The van der Waals surface area contributed by atoms with E-state index in [0.717, 1.165) is 11.2 Å². The lowest BCUT2D eigenvalue weighted by atomic mass is 10.2. The maximum atomic E-state index is 6.06. The van der Waals surface area contributed by atoms with Gasteiger partial charge in [-0.1, -0.05) is 17.7 Å². The Hall–Kier alpha value is -2.40. The number of anilines is 1. The zero-order valence-corrected chi connectivity index (χ0v) is 12.4. The first-order chi connectivity index (χ1) is 10.2. The Morgan fingerprint density at radius 1 is 1.10 bits per heavy atom. The summed E-state index contributed by atoms with van der Waals surface area (Å²) in [6.45, 7) is 0. The third-order valence-electron chi connectivity index (χ3n) is 3.29. The number of halogens is 1. The summed E-state index contributed by atoms with van der Waals surface area (Å²) in [6.07, 6.45) is 0. The highest BCUT2D eigenvalue weighted by molar-refractivity contribution is 6.32. The molecular weight excluding hydrogens is 290 g/mol. The van der Waals surface area contributed by atoms with Crippen LogP contribution in [0.5, 0.6) is 11.5 Å². The second-order valence-corrected chi connectivity index (χ2v) is 4.86. The second-order valence-electron chi connectivity index (χ2n) is 4.45. The molecule has 0 aliphatic rings. The van der Waals surface area contributed by atoms with E-state index >= 15 is 0 Å². The van der Waals surface area contributed by atoms with Crippen LogP contribution in [0.25, 0.3) is 16.7 Å². The number of hydrogen-bond donors (Lipinski definition) is 1. The molecule has 0 saturated heterocycles. The largest absolute Gasteiger partial charge is 0.495 e. The first-order valence-electron chi connectivity index (χ1n) is 6.30. The van der Waals surface area contributed by atoms with Gasteiger partial charge in [0.2, 0.25) is 5.95 Å². The molecule has 5 nitrogen and oxygen atoms in total. The first kappa shape index (κ1) is 13.6. The third kappa shape index (κ3) is 2.15. The number of para-hydroxylation sites is 1. The van der Waals surface area contributed by atoms with Crippen molar-refractivity contribution < 1.29 is 9.47 Å². The minimum atomic E-state index is 0.374. The molecule has 2 N–H and O–H groups in total. The normalized spacial score (nSPS) is 10.8. The monoisotopic (exact) mass is 303 g/mol. The number of nitrogens with two attached hydrogens (primary N) is 1. The van der Waals surface area contributed by atoms with Gasteiger partial charge >= 0.3 is 0 Å². The molecule has 0 aliphatic carbocycles. The van der Waals surface area contributed by atoms with E-state index in [9.17, 15) is 0 Å². The average molecular weight is 304 g/mol. The van der Waals surface area contributed by atoms with Crippen molar-refractivity contribution >= 4 is 28.6 Å². The first-order valence-corrected chi connectivity index (χ1v) is 6.68. The molecule has 0 amide bonds. The summed E-state index contributed by atoms with van der Waals surface area (Å²) in [5.74, 6) is 1.64. The van der Waals surface area contributed by atoms with Crippen molar-refractivity contribution in [1.82, 2.24) is 9.55 Å². The molecule has 1 aromatic heterocycles. The van der Waals surface area contributed by atoms with Gasteiger partial charge in [-0.3, -0.25) is 4.57 Å². The Morgan fingerprint density at radius 2 is 1.86 bits per heavy atom. The molecule has 0 unspecified atom stereocenters. The molecule has 2 aromatic carbocycles. The van der Waals surface area contributed by atoms with Crippen molar-refractivity contribution in [2.24, 2.45) is 0 Å². The van der Waals surface area contributed by atoms with Gasteiger partial charge in [-0.2, -0.15) is 0 Å². The molecule has 0 atom stereocenters. The quantitative estimate of drug-likeness (QED) is 0.806. The Balaban J connectivity index is 2.27. The fourth-order valence-electron chi connectivity index (χ4n) is 2.32. The number of imidazole rings is 1. The number of aromatic nitrogens is 2. The fraction of sp³-hybridized carbons (Fsp3) is 0.133. The van der Waals surface area contributed by atoms with Crippen molar-refractivity contribution in [1.29, 1.82) is 0 Å². The summed E-state index contributed by atoms with van der Waals surface area (Å²) in [5.41, 5.74) is 8.46. The molecule has 6 heteroatoms. The maximum absolute atomic E-state index is 6.06. The lowest BCUT2D eigenvalue weighted by molar-refractivity contribution is 0.415. The van der Waals surface area contributed by atoms with Gasteiger partial charge in [0.1, 0.15) is 17.0 Å². The number of fused-ring (bicyclic) bond motifs is 1. The Morgan fingerprint density at radius 3 is 2.57 bits per heavy atom. The second kappa shape index (κ2) is 5.18. The van der Waals surface area contributed by atoms with E-state index in [0.29, 0.717) is 28.0 Å². The van der Waals surface area contributed by atoms with E-state index in [4.69, 9.17) is 26.8 Å². The van der Waals surface area contributed by atoms with Crippen molar-refractivity contribution in [2.45, 2.75) is 0 Å². The summed E-state index contributed by atoms with van der Waals surface area (Å²) in [7, 11) is 3.18. The molecule has 3 aromatic rings. The highest BCUT2D eigenvalue weighted by atomic mass is 35.5. The molecule has 0 spiro atoms. The molecule has 0 radical (unpaired) electrons. The molecule has 108 valence electrons. The molecule has 0 aliphatic heterocycles. The molecule has 21 heavy (non-hydrogen) atoms. The number of ether oxygens (including phenoxy) is 2. The zero-order chi connectivity index (χ0) is 15.0. The highest BCUT2D eigenvalue weighted by Crippen LogP contribution is 2.32. The number of nitrogen functional groups attached to an aromatic ring is 1. The highest BCUT2D eigenvalue weighted by Gasteiger charge is 2.14. The van der Waals surface area contributed by atoms with Crippen LogP contribution < -0.4 is 15.2 Å². The Bertz CT molecular complexity index is 814. The van der Waals surface area contributed by atoms with Crippen LogP contribution in [0, 0.1) is 0 Å². The minimum Gasteiger partial charge on any atom is -0.495 e. The average Bonchev–Trinajstić information content (AvgIpc) is 2.83. The lowest BCUT2D eigenvalue weighted by Crippen LogP contribution is -2.01. The van der Waals surface area contributed by atoms with Crippen molar-refractivity contribution in [3.63, 3.8) is 0 Å². The summed E-state index contributed by atoms with van der Waals surface area (Å²) in [4.78, 5) is 4.38. The summed E-state index contributed by atoms with van der Waals surface area (Å²) >= 11 is 6.06. The van der Waals surface area contributed by atoms with Crippen molar-refractivity contribution in [2.75, 3.05) is 20.0 Å². The maximum Gasteiger partial charge on any atom is 0.206 e. The smallest absolute Gasteiger partial charge is 0.206 e. The molecule has 3 rings (SSSR count). The lowest BCUT2D eigenvalue weighted by Gasteiger charge is -2.10. The van der Waals surface area contributed by atoms with Crippen LogP contribution in [-0.2, 0) is 0 Å². The topological polar surface area (TPSA) is 62.3 Å². The van der Waals surface area contributed by atoms with Gasteiger partial charge in [-0.25, -0.2) is 4.98 Å². The molecule has 0 saturated carbocycles. The van der Waals surface area contributed by atoms with Gasteiger partial charge in [-0.15, -0.1) is 0 Å². The number of nitrogens with zero attached hydrogens (tertiary/aromatic N) is 2. The number of benzene rings is 2. The standard InChI is InChI=1S/C15H14ClN3O2/c1-20-12-5-3-4-11-14(12)18-15(17)19(11)9-6-7-10(16)13(8-9)21-2/h3-8H,1-2H3,(H2,17,18). The number of methoxy groups -OCH3 is 2. The van der Waals surface area contributed by atoms with Crippen LogP contribution in [0.4, 0.5) is 5.95 Å². The summed E-state index contributed by atoms with van der Waals surface area (Å²) < 4.78 is 12.4. The van der Waals surface area contributed by atoms with E-state index < -0.39 is 0 Å². The fourth-order valence-corrected chi connectivity index (χ4v) is 2.51. The van der Waals surface area contributed by atoms with Gasteiger partial charge in [0, 0.05) is 6.07 Å². The van der Waals surface area contributed by atoms with Crippen LogP contribution >= 0.6 is 11.6 Å². The van der Waals surface area contributed by atoms with Gasteiger partial charge in [-0.05, 0) is 24.3 Å². The van der Waals surface area contributed by atoms with Crippen LogP contribution in [-0.4, -0.2) is 23.8 Å². The van der Waals surface area contributed by atoms with Crippen LogP contribution in [0.2, 0.25) is 5.02 Å². The van der Waals surface area contributed by atoms with Gasteiger partial charge in [0.15, 0.2) is 0 Å². The number of rotatable bonds is 3. The molecule has 0 bridgehead atoms. The molecular formula is C15H14ClN3O2. The van der Waals surface area contributed by atoms with E-state index in [1.165, 1.54) is 0 Å². The van der Waals surface area contributed by atoms with Gasteiger partial charge in [0.05, 0.1) is 30.4 Å². The van der Waals surface area contributed by atoms with Crippen molar-refractivity contribution in [3.05, 3.63) is 41.4 Å². The van der Waals surface area contributed by atoms with Crippen LogP contribution in [0.1, 0.15) is 0 Å². The predicted octanol–water partition coefficient (Wildman–Crippen LogP) is 3.28. The van der Waals surface area contributed by atoms with E-state index in [1.807, 2.05) is 34.9 Å². The van der Waals surface area contributed by atoms with E-state index in [1.54, 1.807) is 20.3 Å². The number of hydrogen-bond acceptors (Lipinski definition) is 4. The molecule has 1 heterocycles. The zero-order valence-electron chi connectivity index (χ0n) is 11.6. The van der Waals surface area contributed by atoms with Gasteiger partial charge < -0.3 is 15.2 Å². The van der Waals surface area contributed by atoms with Crippen LogP contribution in [0.15, 0.2) is 36.4 Å². The van der Waals surface area contributed by atoms with E-state index in [2.05, 4.69) is 4.98 Å². The summed E-state index contributed by atoms with van der Waals surface area (Å²) in [6, 6.07) is 11.1. The minimum absolute atomic E-state index is 0.374. The molecule has 0 fully saturated rings. The SMILES string of the molecule is COc1cc(-n2c(N)nc3c(OC)cccc32)ccc1Cl. The Kier molecular flexibility index (Phi) is 3.35. The van der Waals surface area contributed by atoms with E-state index in [-0.39, 0.29) is 0 Å². The summed E-state index contributed by atoms with van der Waals surface area (Å²) in [5, 5.41) is 0.543. The third-order valence-corrected chi connectivity index (χ3v) is 3.60. The van der Waals surface area contributed by atoms with Crippen LogP contribution in [0.3, 0.4) is 0 Å². The Labute approximate surface area is 126 Å². The predicted molar refractivity (Wildman–Crippen MR) is 83.6 cm³/mol.